The van der Waals surface area contributed by atoms with Gasteiger partial charge in [-0.05, 0) is 79.9 Å². The van der Waals surface area contributed by atoms with Crippen LogP contribution in [-0.4, -0.2) is 37.9 Å². The summed E-state index contributed by atoms with van der Waals surface area (Å²) in [6.07, 6.45) is 0. The third kappa shape index (κ3) is 5.47. The first-order chi connectivity index (χ1) is 19.2. The van der Waals surface area contributed by atoms with Gasteiger partial charge in [0.2, 0.25) is 0 Å². The Hall–Kier alpha value is -4.48. The van der Waals surface area contributed by atoms with Crippen LogP contribution in [0.25, 0.3) is 21.5 Å². The molecule has 2 N–H and O–H groups in total. The lowest BCUT2D eigenvalue weighted by Crippen LogP contribution is -2.30. The van der Waals surface area contributed by atoms with Gasteiger partial charge < -0.3 is 15.0 Å². The van der Waals surface area contributed by atoms with E-state index in [1.165, 1.54) is 41.0 Å². The molecule has 1 amide bonds. The Balaban J connectivity index is 1.39. The molecular weight excluding hydrogens is 548 g/mol. The lowest BCUT2D eigenvalue weighted by atomic mass is 10.2. The highest BCUT2D eigenvalue weighted by Crippen LogP contribution is 2.32. The summed E-state index contributed by atoms with van der Waals surface area (Å²) in [5.74, 6) is 0.686. The number of methoxy groups -OCH3 is 1. The highest BCUT2D eigenvalue weighted by molar-refractivity contribution is 7.92. The molecule has 0 radical (unpaired) electrons. The number of nitrogens with zero attached hydrogens (tertiary/aromatic N) is 2. The van der Waals surface area contributed by atoms with Crippen LogP contribution in [0.2, 0.25) is 0 Å². The van der Waals surface area contributed by atoms with Crippen LogP contribution in [0, 0.1) is 6.92 Å². The number of aryl methyl sites for hydroxylation is 1. The minimum absolute atomic E-state index is 0.160. The summed E-state index contributed by atoms with van der Waals surface area (Å²) in [5, 5.41) is 3.65. The fourth-order valence-corrected chi connectivity index (χ4v) is 6.72. The summed E-state index contributed by atoms with van der Waals surface area (Å²) in [4.78, 5) is 32.7. The summed E-state index contributed by atoms with van der Waals surface area (Å²) in [7, 11) is -2.28. The zero-order valence-electron chi connectivity index (χ0n) is 22.0. The monoisotopic (exact) mass is 574 g/mol. The predicted molar refractivity (Wildman–Crippen MR) is 158 cm³/mol. The smallest absolute Gasteiger partial charge is 0.265 e. The van der Waals surface area contributed by atoms with Crippen molar-refractivity contribution in [1.82, 2.24) is 9.97 Å². The zero-order valence-corrected chi connectivity index (χ0v) is 23.6. The number of fused-ring (bicyclic) bond motifs is 1. The summed E-state index contributed by atoms with van der Waals surface area (Å²) in [5.41, 5.74) is 2.06. The Labute approximate surface area is 235 Å². The van der Waals surface area contributed by atoms with E-state index >= 15 is 0 Å². The molecule has 0 saturated heterocycles. The first kappa shape index (κ1) is 27.1. The number of rotatable bonds is 8. The number of carbonyl (C=O) groups excluding carboxylic acids is 1. The second kappa shape index (κ2) is 10.9. The molecule has 0 fully saturated rings. The number of amides is 1. The van der Waals surface area contributed by atoms with Crippen LogP contribution >= 0.6 is 11.3 Å². The van der Waals surface area contributed by atoms with Crippen LogP contribution in [0.1, 0.15) is 22.3 Å². The van der Waals surface area contributed by atoms with Gasteiger partial charge in [0.05, 0.1) is 22.6 Å². The second-order valence-electron chi connectivity index (χ2n) is 8.95. The number of hydrogen-bond acceptors (Lipinski definition) is 7. The molecule has 0 bridgehead atoms. The van der Waals surface area contributed by atoms with Crippen molar-refractivity contribution in [3.8, 4) is 17.1 Å². The lowest BCUT2D eigenvalue weighted by molar-refractivity contribution is 0.103. The molecule has 0 spiro atoms. The molecule has 0 atom stereocenters. The summed E-state index contributed by atoms with van der Waals surface area (Å²) < 4.78 is 34.1. The van der Waals surface area contributed by atoms with Gasteiger partial charge in [-0.3, -0.25) is 13.9 Å². The van der Waals surface area contributed by atoms with Crippen LogP contribution < -0.4 is 19.9 Å². The van der Waals surface area contributed by atoms with Crippen LogP contribution in [-0.2, 0) is 10.0 Å². The highest BCUT2D eigenvalue weighted by atomic mass is 32.2. The van der Waals surface area contributed by atoms with E-state index in [1.54, 1.807) is 68.4 Å². The molecule has 11 heteroatoms. The van der Waals surface area contributed by atoms with Crippen LogP contribution in [0.4, 0.5) is 11.4 Å². The third-order valence-electron chi connectivity index (χ3n) is 6.21. The minimum Gasteiger partial charge on any atom is -0.497 e. The van der Waals surface area contributed by atoms with Crippen molar-refractivity contribution in [3.05, 3.63) is 99.8 Å². The summed E-state index contributed by atoms with van der Waals surface area (Å²) in [6.45, 7) is 3.74. The van der Waals surface area contributed by atoms with Crippen molar-refractivity contribution in [1.29, 1.82) is 0 Å². The molecule has 9 nitrogen and oxygen atoms in total. The first-order valence-electron chi connectivity index (χ1n) is 12.4. The molecule has 5 rings (SSSR count). The average Bonchev–Trinajstić information content (AvgIpc) is 3.37. The number of ether oxygens (including phenoxy) is 1. The number of thiophene rings is 1. The number of anilines is 2. The van der Waals surface area contributed by atoms with Gasteiger partial charge in [-0.1, -0.05) is 12.1 Å². The van der Waals surface area contributed by atoms with E-state index in [1.807, 2.05) is 6.07 Å². The Morgan fingerprint density at radius 3 is 2.52 bits per heavy atom. The molecular formula is C29H26N4O5S2. The molecule has 40 heavy (non-hydrogen) atoms. The Bertz CT molecular complexity index is 1880. The molecule has 3 aromatic carbocycles. The molecule has 0 aliphatic rings. The predicted octanol–water partition coefficient (Wildman–Crippen LogP) is 5.44. The highest BCUT2D eigenvalue weighted by Gasteiger charge is 2.24. The summed E-state index contributed by atoms with van der Waals surface area (Å²) in [6, 6.07) is 21.8. The van der Waals surface area contributed by atoms with Crippen LogP contribution in [0.5, 0.6) is 5.75 Å². The maximum Gasteiger partial charge on any atom is 0.265 e. The van der Waals surface area contributed by atoms with Crippen molar-refractivity contribution < 1.29 is 17.9 Å². The Kier molecular flexibility index (Phi) is 7.42. The molecule has 0 aliphatic carbocycles. The van der Waals surface area contributed by atoms with Crippen LogP contribution in [0.3, 0.4) is 0 Å². The number of H-pyrrole nitrogens is 1. The van der Waals surface area contributed by atoms with E-state index in [9.17, 15) is 18.0 Å². The van der Waals surface area contributed by atoms with Gasteiger partial charge in [0.25, 0.3) is 21.5 Å². The van der Waals surface area contributed by atoms with Gasteiger partial charge in [0.1, 0.15) is 11.6 Å². The van der Waals surface area contributed by atoms with E-state index in [2.05, 4.69) is 15.3 Å². The maximum atomic E-state index is 13.4. The van der Waals surface area contributed by atoms with E-state index < -0.39 is 10.0 Å². The SMILES string of the molecule is CCN(c1ccc2sc(C(=O)Nc3cccc(-c4nc(C)cc(=O)[nH]4)c3)cc2c1)S(=O)(=O)c1ccc(OC)cc1. The molecule has 204 valence electrons. The minimum atomic E-state index is -3.81. The molecule has 0 aliphatic heterocycles. The number of benzene rings is 3. The normalized spacial score (nSPS) is 11.4. The first-order valence-corrected chi connectivity index (χ1v) is 14.6. The van der Waals surface area contributed by atoms with E-state index in [0.29, 0.717) is 39.1 Å². The standard InChI is InChI=1S/C29H26N4O5S2/c1-4-33(40(36,37)24-11-9-23(38-3)10-12-24)22-8-13-25-20(16-22)17-26(39-25)29(35)31-21-7-5-6-19(15-21)28-30-18(2)14-27(34)32-28/h5-17H,4H2,1-3H3,(H,31,35)(H,30,32,34). The fourth-order valence-electron chi connectivity index (χ4n) is 4.32. The Morgan fingerprint density at radius 1 is 1.05 bits per heavy atom. The molecule has 5 aromatic rings. The molecule has 0 saturated carbocycles. The van der Waals surface area contributed by atoms with E-state index in [-0.39, 0.29) is 22.9 Å². The van der Waals surface area contributed by atoms with Gasteiger partial charge in [0.15, 0.2) is 0 Å². The lowest BCUT2D eigenvalue weighted by Gasteiger charge is -2.23. The van der Waals surface area contributed by atoms with Gasteiger partial charge in [0, 0.05) is 34.3 Å². The van der Waals surface area contributed by atoms with Crippen molar-refractivity contribution in [2.24, 2.45) is 0 Å². The number of nitrogens with one attached hydrogen (secondary N) is 2. The van der Waals surface area contributed by atoms with E-state index in [0.717, 1.165) is 10.1 Å². The Morgan fingerprint density at radius 2 is 1.82 bits per heavy atom. The topological polar surface area (TPSA) is 121 Å². The number of carbonyl (C=O) groups is 1. The largest absolute Gasteiger partial charge is 0.497 e. The quantitative estimate of drug-likeness (QED) is 0.255. The van der Waals surface area contributed by atoms with Gasteiger partial charge >= 0.3 is 0 Å². The van der Waals surface area contributed by atoms with Crippen molar-refractivity contribution in [2.45, 2.75) is 18.7 Å². The number of aromatic nitrogens is 2. The molecule has 2 heterocycles. The second-order valence-corrected chi connectivity index (χ2v) is 11.9. The average molecular weight is 575 g/mol. The van der Waals surface area contributed by atoms with Gasteiger partial charge in [-0.15, -0.1) is 11.3 Å². The van der Waals surface area contributed by atoms with Crippen molar-refractivity contribution in [2.75, 3.05) is 23.3 Å². The fraction of sp³-hybridized carbons (Fsp3) is 0.138. The van der Waals surface area contributed by atoms with Crippen molar-refractivity contribution >= 4 is 48.7 Å². The van der Waals surface area contributed by atoms with Crippen LogP contribution in [0.15, 0.2) is 88.6 Å². The maximum absolute atomic E-state index is 13.4. The molecule has 0 unspecified atom stereocenters. The number of sulfonamides is 1. The van der Waals surface area contributed by atoms with E-state index in [4.69, 9.17) is 4.74 Å². The van der Waals surface area contributed by atoms with Crippen molar-refractivity contribution in [3.63, 3.8) is 0 Å². The number of hydrogen-bond donors (Lipinski definition) is 2. The van der Waals surface area contributed by atoms with Gasteiger partial charge in [-0.25, -0.2) is 13.4 Å². The summed E-state index contributed by atoms with van der Waals surface area (Å²) >= 11 is 1.31. The molecule has 2 aromatic heterocycles. The number of aromatic amines is 1. The zero-order chi connectivity index (χ0) is 28.4. The third-order valence-corrected chi connectivity index (χ3v) is 9.24. The van der Waals surface area contributed by atoms with Gasteiger partial charge in [-0.2, -0.15) is 0 Å².